The highest BCUT2D eigenvalue weighted by Gasteiger charge is 2.38. The molecular formula is C13H21N3O3. The Balaban J connectivity index is 1.45. The van der Waals surface area contributed by atoms with Gasteiger partial charge in [-0.2, -0.15) is 4.98 Å². The lowest BCUT2D eigenvalue weighted by atomic mass is 9.84. The molecule has 0 saturated carbocycles. The first-order valence-electron chi connectivity index (χ1n) is 7.07. The topological polar surface area (TPSA) is 69.4 Å². The van der Waals surface area contributed by atoms with Crippen molar-refractivity contribution < 1.29 is 14.0 Å². The highest BCUT2D eigenvalue weighted by Crippen LogP contribution is 2.34. The molecule has 2 aliphatic heterocycles. The average Bonchev–Trinajstić information content (AvgIpc) is 2.93. The first-order valence-corrected chi connectivity index (χ1v) is 7.07. The molecule has 2 fully saturated rings. The summed E-state index contributed by atoms with van der Waals surface area (Å²) < 4.78 is 16.5. The first-order chi connectivity index (χ1) is 9.36. The molecule has 1 spiro atoms. The van der Waals surface area contributed by atoms with Crippen LogP contribution in [0.2, 0.25) is 0 Å². The van der Waals surface area contributed by atoms with E-state index in [9.17, 15) is 0 Å². The zero-order valence-corrected chi connectivity index (χ0v) is 11.1. The molecule has 2 aliphatic rings. The predicted octanol–water partition coefficient (Wildman–Crippen LogP) is 0.930. The SMILES string of the molecule is c1noc(CCNC2CCOC3(CCOCC3)C2)n1. The quantitative estimate of drug-likeness (QED) is 0.875. The van der Waals surface area contributed by atoms with Gasteiger partial charge in [0.05, 0.1) is 5.60 Å². The van der Waals surface area contributed by atoms with Crippen molar-refractivity contribution in [3.05, 3.63) is 12.2 Å². The van der Waals surface area contributed by atoms with Gasteiger partial charge < -0.3 is 19.3 Å². The maximum atomic E-state index is 6.03. The third kappa shape index (κ3) is 3.32. The molecule has 0 aromatic carbocycles. The summed E-state index contributed by atoms with van der Waals surface area (Å²) in [6.07, 6.45) is 6.44. The van der Waals surface area contributed by atoms with E-state index >= 15 is 0 Å². The van der Waals surface area contributed by atoms with Crippen LogP contribution in [-0.4, -0.2) is 48.1 Å². The summed E-state index contributed by atoms with van der Waals surface area (Å²) in [5, 5.41) is 7.19. The fraction of sp³-hybridized carbons (Fsp3) is 0.846. The summed E-state index contributed by atoms with van der Waals surface area (Å²) >= 11 is 0. The molecule has 106 valence electrons. The van der Waals surface area contributed by atoms with Crippen molar-refractivity contribution in [2.24, 2.45) is 0 Å². The summed E-state index contributed by atoms with van der Waals surface area (Å²) in [6, 6.07) is 0.523. The molecule has 1 atom stereocenters. The van der Waals surface area contributed by atoms with Crippen LogP contribution in [0, 0.1) is 0 Å². The van der Waals surface area contributed by atoms with Crippen molar-refractivity contribution in [1.82, 2.24) is 15.5 Å². The zero-order valence-electron chi connectivity index (χ0n) is 11.1. The number of hydrogen-bond donors (Lipinski definition) is 1. The van der Waals surface area contributed by atoms with Gasteiger partial charge in [0.25, 0.3) is 0 Å². The van der Waals surface area contributed by atoms with Crippen LogP contribution in [-0.2, 0) is 15.9 Å². The summed E-state index contributed by atoms with van der Waals surface area (Å²) in [7, 11) is 0. The molecule has 6 heteroatoms. The predicted molar refractivity (Wildman–Crippen MR) is 67.8 cm³/mol. The molecule has 3 heterocycles. The molecule has 3 rings (SSSR count). The van der Waals surface area contributed by atoms with Gasteiger partial charge in [0.2, 0.25) is 5.89 Å². The third-order valence-electron chi connectivity index (χ3n) is 4.08. The van der Waals surface area contributed by atoms with E-state index in [0.29, 0.717) is 11.9 Å². The van der Waals surface area contributed by atoms with Crippen LogP contribution >= 0.6 is 0 Å². The van der Waals surface area contributed by atoms with E-state index in [-0.39, 0.29) is 5.60 Å². The van der Waals surface area contributed by atoms with E-state index in [2.05, 4.69) is 15.5 Å². The summed E-state index contributed by atoms with van der Waals surface area (Å²) in [4.78, 5) is 4.02. The van der Waals surface area contributed by atoms with Gasteiger partial charge in [-0.15, -0.1) is 0 Å². The number of nitrogens with zero attached hydrogens (tertiary/aromatic N) is 2. The fourth-order valence-corrected chi connectivity index (χ4v) is 2.98. The molecule has 2 saturated heterocycles. The van der Waals surface area contributed by atoms with Crippen LogP contribution < -0.4 is 5.32 Å². The summed E-state index contributed by atoms with van der Waals surface area (Å²) in [6.45, 7) is 3.38. The molecule has 1 N–H and O–H groups in total. The Morgan fingerprint density at radius 1 is 1.32 bits per heavy atom. The van der Waals surface area contributed by atoms with Gasteiger partial charge in [-0.25, -0.2) is 0 Å². The van der Waals surface area contributed by atoms with Crippen LogP contribution in [0.3, 0.4) is 0 Å². The second-order valence-electron chi connectivity index (χ2n) is 5.37. The molecule has 0 aliphatic carbocycles. The molecule has 1 unspecified atom stereocenters. The Morgan fingerprint density at radius 2 is 2.21 bits per heavy atom. The minimum absolute atomic E-state index is 0.0542. The molecular weight excluding hydrogens is 246 g/mol. The van der Waals surface area contributed by atoms with E-state index in [1.807, 2.05) is 0 Å². The summed E-state index contributed by atoms with van der Waals surface area (Å²) in [5.74, 6) is 0.695. The van der Waals surface area contributed by atoms with Crippen molar-refractivity contribution in [1.29, 1.82) is 0 Å². The number of rotatable bonds is 4. The van der Waals surface area contributed by atoms with Crippen LogP contribution in [0.25, 0.3) is 0 Å². The Morgan fingerprint density at radius 3 is 3.00 bits per heavy atom. The smallest absolute Gasteiger partial charge is 0.227 e. The van der Waals surface area contributed by atoms with Crippen molar-refractivity contribution in [3.8, 4) is 0 Å². The lowest BCUT2D eigenvalue weighted by Gasteiger charge is -2.43. The number of aromatic nitrogens is 2. The van der Waals surface area contributed by atoms with Gasteiger partial charge in [-0.3, -0.25) is 0 Å². The van der Waals surface area contributed by atoms with Crippen LogP contribution in [0.5, 0.6) is 0 Å². The van der Waals surface area contributed by atoms with Crippen molar-refractivity contribution >= 4 is 0 Å². The normalized spacial score (nSPS) is 26.6. The molecule has 1 aromatic heterocycles. The van der Waals surface area contributed by atoms with Gasteiger partial charge in [-0.1, -0.05) is 5.16 Å². The van der Waals surface area contributed by atoms with Crippen molar-refractivity contribution in [3.63, 3.8) is 0 Å². The second kappa shape index (κ2) is 5.98. The van der Waals surface area contributed by atoms with Gasteiger partial charge in [-0.05, 0) is 25.7 Å². The molecule has 1 aromatic rings. The molecule has 0 amide bonds. The van der Waals surface area contributed by atoms with Gasteiger partial charge in [0.1, 0.15) is 0 Å². The third-order valence-corrected chi connectivity index (χ3v) is 4.08. The van der Waals surface area contributed by atoms with Crippen LogP contribution in [0.4, 0.5) is 0 Å². The molecule has 0 bridgehead atoms. The lowest BCUT2D eigenvalue weighted by molar-refractivity contribution is -0.140. The first kappa shape index (κ1) is 13.0. The Kier molecular flexibility index (Phi) is 4.10. The maximum absolute atomic E-state index is 6.03. The van der Waals surface area contributed by atoms with Gasteiger partial charge in [0, 0.05) is 38.8 Å². The average molecular weight is 267 g/mol. The van der Waals surface area contributed by atoms with Crippen molar-refractivity contribution in [2.75, 3.05) is 26.4 Å². The monoisotopic (exact) mass is 267 g/mol. The van der Waals surface area contributed by atoms with E-state index in [1.165, 1.54) is 6.33 Å². The maximum Gasteiger partial charge on any atom is 0.227 e. The van der Waals surface area contributed by atoms with E-state index in [4.69, 9.17) is 14.0 Å². The van der Waals surface area contributed by atoms with Crippen LogP contribution in [0.1, 0.15) is 31.6 Å². The minimum Gasteiger partial charge on any atom is -0.381 e. The highest BCUT2D eigenvalue weighted by molar-refractivity contribution is 4.92. The molecule has 0 radical (unpaired) electrons. The minimum atomic E-state index is 0.0542. The number of nitrogens with one attached hydrogen (secondary N) is 1. The van der Waals surface area contributed by atoms with Gasteiger partial charge >= 0.3 is 0 Å². The Hall–Kier alpha value is -0.980. The highest BCUT2D eigenvalue weighted by atomic mass is 16.5. The number of hydrogen-bond acceptors (Lipinski definition) is 6. The molecule has 19 heavy (non-hydrogen) atoms. The summed E-state index contributed by atoms with van der Waals surface area (Å²) in [5.41, 5.74) is 0.0542. The van der Waals surface area contributed by atoms with Crippen molar-refractivity contribution in [2.45, 2.75) is 43.7 Å². The lowest BCUT2D eigenvalue weighted by Crippen LogP contribution is -2.50. The number of ether oxygens (including phenoxy) is 2. The second-order valence-corrected chi connectivity index (χ2v) is 5.37. The standard InChI is InChI=1S/C13H21N3O3/c1(12-15-10-16-19-12)5-14-11-2-6-18-13(9-11)3-7-17-8-4-13/h10-11,14H,1-9H2. The fourth-order valence-electron chi connectivity index (χ4n) is 2.98. The van der Waals surface area contributed by atoms with E-state index in [0.717, 1.165) is 58.5 Å². The Bertz CT molecular complexity index is 371. The van der Waals surface area contributed by atoms with Crippen LogP contribution in [0.15, 0.2) is 10.9 Å². The molecule has 6 nitrogen and oxygen atoms in total. The van der Waals surface area contributed by atoms with E-state index in [1.54, 1.807) is 0 Å². The van der Waals surface area contributed by atoms with E-state index < -0.39 is 0 Å². The zero-order chi connectivity index (χ0) is 13.0. The largest absolute Gasteiger partial charge is 0.381 e. The van der Waals surface area contributed by atoms with Gasteiger partial charge in [0.15, 0.2) is 6.33 Å². The Labute approximate surface area is 112 Å².